The Morgan fingerprint density at radius 2 is 1.48 bits per heavy atom. The summed E-state index contributed by atoms with van der Waals surface area (Å²) >= 11 is 0. The molecule has 0 spiro atoms. The number of amides is 1. The summed E-state index contributed by atoms with van der Waals surface area (Å²) in [5.74, 6) is -0.0429. The van der Waals surface area contributed by atoms with Crippen molar-refractivity contribution in [3.05, 3.63) is 95.1 Å². The van der Waals surface area contributed by atoms with Crippen LogP contribution >= 0.6 is 0 Å². The summed E-state index contributed by atoms with van der Waals surface area (Å²) < 4.78 is 5.44. The molecule has 0 saturated heterocycles. The molecule has 0 aliphatic heterocycles. The molecule has 31 heavy (non-hydrogen) atoms. The Kier molecular flexibility index (Phi) is 6.32. The van der Waals surface area contributed by atoms with E-state index in [9.17, 15) is 15.0 Å². The molecule has 4 N–H and O–H groups in total. The second kappa shape index (κ2) is 9.31. The van der Waals surface area contributed by atoms with Crippen molar-refractivity contribution < 1.29 is 24.9 Å². The molecule has 3 aromatic rings. The van der Waals surface area contributed by atoms with Gasteiger partial charge in [-0.1, -0.05) is 72.8 Å². The number of aliphatic hydroxyl groups is 3. The van der Waals surface area contributed by atoms with E-state index in [1.54, 1.807) is 24.3 Å². The van der Waals surface area contributed by atoms with Gasteiger partial charge in [-0.05, 0) is 33.4 Å². The van der Waals surface area contributed by atoms with E-state index in [0.29, 0.717) is 11.1 Å². The molecule has 1 amide bonds. The number of fused-ring (bicyclic) bond motifs is 3. The molecule has 0 fully saturated rings. The van der Waals surface area contributed by atoms with Crippen LogP contribution in [0.15, 0.2) is 72.8 Å². The van der Waals surface area contributed by atoms with Crippen LogP contribution in [-0.2, 0) is 11.3 Å². The first-order valence-electron chi connectivity index (χ1n) is 10.2. The lowest BCUT2D eigenvalue weighted by atomic mass is 9.98. The Morgan fingerprint density at radius 3 is 2.06 bits per heavy atom. The molecule has 0 bridgehead atoms. The van der Waals surface area contributed by atoms with E-state index in [1.165, 1.54) is 0 Å². The third kappa shape index (κ3) is 4.46. The van der Waals surface area contributed by atoms with Crippen LogP contribution in [0.1, 0.15) is 34.3 Å². The van der Waals surface area contributed by atoms with E-state index in [4.69, 9.17) is 9.84 Å². The van der Waals surface area contributed by atoms with Gasteiger partial charge in [-0.3, -0.25) is 0 Å². The van der Waals surface area contributed by atoms with Crippen molar-refractivity contribution in [2.75, 3.05) is 13.2 Å². The van der Waals surface area contributed by atoms with Crippen LogP contribution in [0.3, 0.4) is 0 Å². The second-order valence-corrected chi connectivity index (χ2v) is 7.62. The van der Waals surface area contributed by atoms with E-state index >= 15 is 0 Å². The van der Waals surface area contributed by atoms with Crippen LogP contribution < -0.4 is 5.32 Å². The van der Waals surface area contributed by atoms with E-state index in [2.05, 4.69) is 17.4 Å². The van der Waals surface area contributed by atoms with Crippen molar-refractivity contribution in [2.24, 2.45) is 0 Å². The van der Waals surface area contributed by atoms with Crippen LogP contribution in [0.4, 0.5) is 4.79 Å². The topological polar surface area (TPSA) is 99.0 Å². The van der Waals surface area contributed by atoms with Crippen LogP contribution in [-0.4, -0.2) is 40.7 Å². The molecular formula is C25H25NO5. The van der Waals surface area contributed by atoms with Crippen LogP contribution in [0, 0.1) is 0 Å². The van der Waals surface area contributed by atoms with E-state index in [0.717, 1.165) is 22.3 Å². The number of rotatable bonds is 7. The fourth-order valence-corrected chi connectivity index (χ4v) is 3.99. The van der Waals surface area contributed by atoms with Gasteiger partial charge in [-0.25, -0.2) is 4.79 Å². The summed E-state index contributed by atoms with van der Waals surface area (Å²) in [4.78, 5) is 12.2. The Hall–Kier alpha value is -3.19. The number of benzene rings is 3. The summed E-state index contributed by atoms with van der Waals surface area (Å²) in [6.45, 7) is -0.0665. The minimum absolute atomic E-state index is 0.0429. The van der Waals surface area contributed by atoms with E-state index < -0.39 is 18.3 Å². The predicted octanol–water partition coefficient (Wildman–Crippen LogP) is 3.11. The van der Waals surface area contributed by atoms with Crippen LogP contribution in [0.25, 0.3) is 11.1 Å². The van der Waals surface area contributed by atoms with Gasteiger partial charge in [0.15, 0.2) is 0 Å². The maximum absolute atomic E-state index is 12.2. The zero-order valence-corrected chi connectivity index (χ0v) is 16.9. The number of carbonyl (C=O) groups is 1. The van der Waals surface area contributed by atoms with Crippen LogP contribution in [0.5, 0.6) is 0 Å². The number of alkyl carbamates (subject to hydrolysis) is 1. The number of aliphatic hydroxyl groups excluding tert-OH is 3. The number of ether oxygens (including phenoxy) is 1. The molecule has 2 atom stereocenters. The molecule has 0 heterocycles. The number of nitrogens with one attached hydrogen (secondary N) is 1. The first kappa shape index (κ1) is 21.1. The summed E-state index contributed by atoms with van der Waals surface area (Å²) in [6.07, 6.45) is -3.01. The Balaban J connectivity index is 1.32. The Labute approximate surface area is 180 Å². The average molecular weight is 419 g/mol. The third-order valence-electron chi connectivity index (χ3n) is 5.67. The van der Waals surface area contributed by atoms with E-state index in [1.807, 2.05) is 36.4 Å². The summed E-state index contributed by atoms with van der Waals surface area (Å²) in [7, 11) is 0. The molecule has 0 saturated carbocycles. The summed E-state index contributed by atoms with van der Waals surface area (Å²) in [5, 5.41) is 32.1. The zero-order valence-electron chi connectivity index (χ0n) is 16.9. The van der Waals surface area contributed by atoms with Crippen molar-refractivity contribution in [2.45, 2.75) is 24.7 Å². The average Bonchev–Trinajstić information content (AvgIpc) is 3.14. The predicted molar refractivity (Wildman–Crippen MR) is 116 cm³/mol. The molecular weight excluding hydrogens is 394 g/mol. The third-order valence-corrected chi connectivity index (χ3v) is 5.67. The minimum atomic E-state index is -1.19. The normalized spacial score (nSPS) is 14.4. The first-order chi connectivity index (χ1) is 15.1. The maximum Gasteiger partial charge on any atom is 0.407 e. The van der Waals surface area contributed by atoms with Gasteiger partial charge in [0.2, 0.25) is 0 Å². The monoisotopic (exact) mass is 419 g/mol. The van der Waals surface area contributed by atoms with Crippen molar-refractivity contribution in [3.63, 3.8) is 0 Å². The van der Waals surface area contributed by atoms with E-state index in [-0.39, 0.29) is 25.7 Å². The fraction of sp³-hybridized carbons (Fsp3) is 0.240. The van der Waals surface area contributed by atoms with Gasteiger partial charge >= 0.3 is 6.09 Å². The van der Waals surface area contributed by atoms with Gasteiger partial charge in [0, 0.05) is 12.5 Å². The summed E-state index contributed by atoms with van der Waals surface area (Å²) in [6, 6.07) is 22.8. The summed E-state index contributed by atoms with van der Waals surface area (Å²) in [5.41, 5.74) is 5.76. The highest BCUT2D eigenvalue weighted by Crippen LogP contribution is 2.44. The highest BCUT2D eigenvalue weighted by molar-refractivity contribution is 5.79. The Morgan fingerprint density at radius 1 is 0.903 bits per heavy atom. The van der Waals surface area contributed by atoms with Gasteiger partial charge in [0.05, 0.1) is 6.61 Å². The molecule has 160 valence electrons. The molecule has 4 rings (SSSR count). The van der Waals surface area contributed by atoms with Gasteiger partial charge in [0.1, 0.15) is 18.8 Å². The number of hydrogen-bond donors (Lipinski definition) is 4. The number of carbonyl (C=O) groups excluding carboxylic acids is 1. The van der Waals surface area contributed by atoms with Crippen molar-refractivity contribution >= 4 is 6.09 Å². The lowest BCUT2D eigenvalue weighted by Gasteiger charge is -2.19. The molecule has 2 unspecified atom stereocenters. The quantitative estimate of drug-likeness (QED) is 0.472. The van der Waals surface area contributed by atoms with Crippen LogP contribution in [0.2, 0.25) is 0 Å². The highest BCUT2D eigenvalue weighted by atomic mass is 16.5. The number of hydrogen-bond acceptors (Lipinski definition) is 5. The van der Waals surface area contributed by atoms with Gasteiger partial charge in [-0.2, -0.15) is 0 Å². The second-order valence-electron chi connectivity index (χ2n) is 7.62. The molecule has 6 heteroatoms. The minimum Gasteiger partial charge on any atom is -0.449 e. The smallest absolute Gasteiger partial charge is 0.407 e. The van der Waals surface area contributed by atoms with Crippen molar-refractivity contribution in [1.82, 2.24) is 5.32 Å². The zero-order chi connectivity index (χ0) is 21.8. The largest absolute Gasteiger partial charge is 0.449 e. The molecule has 6 nitrogen and oxygen atoms in total. The molecule has 1 aliphatic rings. The van der Waals surface area contributed by atoms with Gasteiger partial charge < -0.3 is 25.4 Å². The molecule has 3 aromatic carbocycles. The molecule has 1 aliphatic carbocycles. The highest BCUT2D eigenvalue weighted by Gasteiger charge is 2.29. The van der Waals surface area contributed by atoms with Crippen molar-refractivity contribution in [1.29, 1.82) is 0 Å². The molecule has 0 aromatic heterocycles. The lowest BCUT2D eigenvalue weighted by molar-refractivity contribution is 0.0185. The standard InChI is InChI=1S/C25H25NO5/c27-14-16-9-11-17(12-10-16)24(29)23(28)13-26-25(30)31-15-22-20-7-3-1-5-18(20)19-6-2-4-8-21(19)22/h1-12,22-24,27-29H,13-15H2,(H,26,30). The first-order valence-corrected chi connectivity index (χ1v) is 10.2. The van der Waals surface area contributed by atoms with Crippen molar-refractivity contribution in [3.8, 4) is 11.1 Å². The fourth-order valence-electron chi connectivity index (χ4n) is 3.99. The molecule has 0 radical (unpaired) electrons. The van der Waals surface area contributed by atoms with Gasteiger partial charge in [0.25, 0.3) is 0 Å². The Bertz CT molecular complexity index is 1000. The SMILES string of the molecule is O=C(NCC(O)C(O)c1ccc(CO)cc1)OCC1c2ccccc2-c2ccccc21. The maximum atomic E-state index is 12.2. The lowest BCUT2D eigenvalue weighted by Crippen LogP contribution is -2.36. The van der Waals surface area contributed by atoms with Gasteiger partial charge in [-0.15, -0.1) is 0 Å².